The highest BCUT2D eigenvalue weighted by molar-refractivity contribution is 6.34. The molecule has 0 atom stereocenters. The van der Waals surface area contributed by atoms with Crippen LogP contribution in [-0.4, -0.2) is 60.8 Å². The molecule has 1 aromatic heterocycles. The van der Waals surface area contributed by atoms with Crippen LogP contribution in [0, 0.1) is 5.82 Å². The number of aromatic nitrogens is 1. The highest BCUT2D eigenvalue weighted by Gasteiger charge is 2.18. The molecule has 0 unspecified atom stereocenters. The van der Waals surface area contributed by atoms with Crippen LogP contribution in [0.1, 0.15) is 6.92 Å². The number of nitrogens with zero attached hydrogens (tertiary/aromatic N) is 5. The summed E-state index contributed by atoms with van der Waals surface area (Å²) in [5.74, 6) is 0.160. The van der Waals surface area contributed by atoms with Gasteiger partial charge in [0, 0.05) is 56.1 Å². The third-order valence-corrected chi connectivity index (χ3v) is 6.11. The van der Waals surface area contributed by atoms with Crippen molar-refractivity contribution >= 4 is 35.2 Å². The molecule has 186 valence electrons. The molecule has 0 spiro atoms. The van der Waals surface area contributed by atoms with Crippen LogP contribution in [0.3, 0.4) is 0 Å². The second-order valence-electron chi connectivity index (χ2n) is 8.73. The molecule has 0 radical (unpaired) electrons. The number of benzene rings is 2. The number of phenols is 1. The zero-order chi connectivity index (χ0) is 25.8. The number of amides is 1. The van der Waals surface area contributed by atoms with Gasteiger partial charge in [-0.1, -0.05) is 17.7 Å². The lowest BCUT2D eigenvalue weighted by atomic mass is 9.97. The Kier molecular flexibility index (Phi) is 7.55. The summed E-state index contributed by atoms with van der Waals surface area (Å²) in [4.78, 5) is 25.7. The average Bonchev–Trinajstić information content (AvgIpc) is 2.86. The van der Waals surface area contributed by atoms with Gasteiger partial charge < -0.3 is 14.9 Å². The lowest BCUT2D eigenvalue weighted by Crippen LogP contribution is -2.35. The van der Waals surface area contributed by atoms with Crippen LogP contribution in [0.15, 0.2) is 66.1 Å². The molecule has 0 bridgehead atoms. The van der Waals surface area contributed by atoms with E-state index in [1.165, 1.54) is 17.0 Å². The fraction of sp³-hybridized carbons (Fsp3) is 0.222. The highest BCUT2D eigenvalue weighted by Crippen LogP contribution is 2.41. The third-order valence-electron chi connectivity index (χ3n) is 5.80. The molecule has 0 saturated heterocycles. The summed E-state index contributed by atoms with van der Waals surface area (Å²) in [5.41, 5.74) is 3.28. The minimum atomic E-state index is -0.499. The maximum atomic E-state index is 14.8. The first-order valence-corrected chi connectivity index (χ1v) is 11.8. The molecule has 1 amide bonds. The minimum Gasteiger partial charge on any atom is -0.507 e. The van der Waals surface area contributed by atoms with Gasteiger partial charge in [-0.15, -0.1) is 0 Å². The monoisotopic (exact) mass is 507 g/mol. The van der Waals surface area contributed by atoms with Gasteiger partial charge in [0.15, 0.2) is 0 Å². The van der Waals surface area contributed by atoms with E-state index in [-0.39, 0.29) is 10.8 Å². The number of pyridine rings is 1. The van der Waals surface area contributed by atoms with Gasteiger partial charge >= 0.3 is 0 Å². The minimum absolute atomic E-state index is 0.0755. The molecule has 0 saturated carbocycles. The van der Waals surface area contributed by atoms with Gasteiger partial charge in [-0.3, -0.25) is 14.7 Å². The molecular formula is C27H27ClFN5O2. The number of hydrogen-bond donors (Lipinski definition) is 1. The second kappa shape index (κ2) is 10.8. The quantitative estimate of drug-likeness (QED) is 0.445. The summed E-state index contributed by atoms with van der Waals surface area (Å²) < 4.78 is 14.8. The van der Waals surface area contributed by atoms with Crippen molar-refractivity contribution in [2.24, 2.45) is 4.99 Å². The normalized spacial score (nSPS) is 13.6. The van der Waals surface area contributed by atoms with E-state index < -0.39 is 5.82 Å². The Bertz CT molecular complexity index is 1340. The van der Waals surface area contributed by atoms with E-state index in [0.717, 1.165) is 18.1 Å². The number of phenolic OH excluding ortho intramolecular Hbond substituents is 1. The van der Waals surface area contributed by atoms with E-state index in [1.54, 1.807) is 47.8 Å². The maximum absolute atomic E-state index is 14.8. The van der Waals surface area contributed by atoms with Gasteiger partial charge in [-0.2, -0.15) is 0 Å². The predicted octanol–water partition coefficient (Wildman–Crippen LogP) is 5.19. The van der Waals surface area contributed by atoms with Crippen molar-refractivity contribution in [1.29, 1.82) is 0 Å². The van der Waals surface area contributed by atoms with Crippen molar-refractivity contribution in [1.82, 2.24) is 9.88 Å². The number of anilines is 2. The zero-order valence-corrected chi connectivity index (χ0v) is 21.1. The number of carbonyl (C=O) groups excluding carboxylic acids is 1. The highest BCUT2D eigenvalue weighted by atomic mass is 35.5. The van der Waals surface area contributed by atoms with Crippen molar-refractivity contribution < 1.29 is 14.3 Å². The number of aromatic hydroxyl groups is 1. The Balaban J connectivity index is 1.71. The molecule has 2 aromatic carbocycles. The Morgan fingerprint density at radius 1 is 1.08 bits per heavy atom. The molecular weight excluding hydrogens is 481 g/mol. The van der Waals surface area contributed by atoms with Crippen LogP contribution in [0.2, 0.25) is 5.02 Å². The van der Waals surface area contributed by atoms with Crippen LogP contribution in [0.4, 0.5) is 15.9 Å². The molecule has 1 aliphatic rings. The molecule has 7 nitrogen and oxygen atoms in total. The van der Waals surface area contributed by atoms with Gasteiger partial charge in [0.05, 0.1) is 23.8 Å². The van der Waals surface area contributed by atoms with Crippen molar-refractivity contribution in [3.8, 4) is 28.0 Å². The van der Waals surface area contributed by atoms with Gasteiger partial charge in [-0.25, -0.2) is 9.37 Å². The van der Waals surface area contributed by atoms with Crippen LogP contribution in [0.5, 0.6) is 5.75 Å². The molecule has 3 aromatic rings. The van der Waals surface area contributed by atoms with Crippen LogP contribution >= 0.6 is 11.6 Å². The summed E-state index contributed by atoms with van der Waals surface area (Å²) in [6, 6.07) is 11.1. The maximum Gasteiger partial charge on any atom is 0.218 e. The van der Waals surface area contributed by atoms with E-state index >= 15 is 0 Å². The Morgan fingerprint density at radius 2 is 1.81 bits per heavy atom. The third kappa shape index (κ3) is 5.49. The van der Waals surface area contributed by atoms with Crippen molar-refractivity contribution in [3.63, 3.8) is 0 Å². The van der Waals surface area contributed by atoms with Gasteiger partial charge in [0.1, 0.15) is 17.4 Å². The first-order valence-electron chi connectivity index (χ1n) is 11.4. The number of hydrogen-bond acceptors (Lipinski definition) is 6. The SMILES string of the molecule is CC1=NCCN(c2cc(-c3cc(F)cc(-c4ccc(N(C=O)/C=C\N(C)C)c(Cl)c4)c3O)ccn2)C1. The predicted molar refractivity (Wildman–Crippen MR) is 143 cm³/mol. The largest absolute Gasteiger partial charge is 0.507 e. The molecule has 0 aliphatic carbocycles. The molecule has 36 heavy (non-hydrogen) atoms. The summed E-state index contributed by atoms with van der Waals surface area (Å²) in [7, 11) is 3.67. The van der Waals surface area contributed by atoms with Crippen LogP contribution < -0.4 is 9.80 Å². The molecule has 1 N–H and O–H groups in total. The summed E-state index contributed by atoms with van der Waals surface area (Å²) >= 11 is 6.49. The topological polar surface area (TPSA) is 72.3 Å². The number of aliphatic imine (C=N–C) groups is 1. The van der Waals surface area contributed by atoms with Gasteiger partial charge in [-0.05, 0) is 54.4 Å². The first-order chi connectivity index (χ1) is 17.3. The average molecular weight is 508 g/mol. The molecule has 1 aliphatic heterocycles. The summed E-state index contributed by atoms with van der Waals surface area (Å²) in [6.07, 6.45) is 5.60. The van der Waals surface area contributed by atoms with E-state index in [0.29, 0.717) is 47.4 Å². The number of rotatable bonds is 7. The molecule has 9 heteroatoms. The van der Waals surface area contributed by atoms with E-state index in [1.807, 2.05) is 27.1 Å². The van der Waals surface area contributed by atoms with Crippen molar-refractivity contribution in [3.05, 3.63) is 71.9 Å². The lowest BCUT2D eigenvalue weighted by molar-refractivity contribution is -0.106. The Morgan fingerprint density at radius 3 is 2.44 bits per heavy atom. The number of carbonyl (C=O) groups is 1. The number of halogens is 2. The summed E-state index contributed by atoms with van der Waals surface area (Å²) in [6.45, 7) is 4.07. The Hall–Kier alpha value is -3.91. The van der Waals surface area contributed by atoms with E-state index in [4.69, 9.17) is 11.6 Å². The van der Waals surface area contributed by atoms with Crippen molar-refractivity contribution in [2.45, 2.75) is 6.92 Å². The fourth-order valence-corrected chi connectivity index (χ4v) is 4.30. The Labute approximate surface area is 214 Å². The first kappa shape index (κ1) is 25.2. The van der Waals surface area contributed by atoms with E-state index in [2.05, 4.69) is 14.9 Å². The van der Waals surface area contributed by atoms with Crippen LogP contribution in [-0.2, 0) is 4.79 Å². The summed E-state index contributed by atoms with van der Waals surface area (Å²) in [5, 5.41) is 11.5. The fourth-order valence-electron chi connectivity index (χ4n) is 4.02. The lowest BCUT2D eigenvalue weighted by Gasteiger charge is -2.26. The van der Waals surface area contributed by atoms with Gasteiger partial charge in [0.2, 0.25) is 6.41 Å². The molecule has 2 heterocycles. The van der Waals surface area contributed by atoms with Gasteiger partial charge in [0.25, 0.3) is 0 Å². The van der Waals surface area contributed by atoms with E-state index in [9.17, 15) is 14.3 Å². The standard InChI is InChI=1S/C27H27ClFN5O2/c1-18-16-33(9-8-30-18)26-13-20(6-7-31-26)23-15-21(29)14-22(27(23)36)19-4-5-25(24(28)12-19)34(17-35)11-10-32(2)3/h4-7,10-15,17,36H,8-9,16H2,1-3H3/b11-10-. The zero-order valence-electron chi connectivity index (χ0n) is 20.3. The van der Waals surface area contributed by atoms with Crippen molar-refractivity contribution in [2.75, 3.05) is 43.5 Å². The molecule has 4 rings (SSSR count). The smallest absolute Gasteiger partial charge is 0.218 e. The second-order valence-corrected chi connectivity index (χ2v) is 9.14. The van der Waals surface area contributed by atoms with Crippen LogP contribution in [0.25, 0.3) is 22.3 Å². The molecule has 0 fully saturated rings.